The van der Waals surface area contributed by atoms with Crippen molar-refractivity contribution in [1.29, 1.82) is 0 Å². The van der Waals surface area contributed by atoms with Crippen molar-refractivity contribution in [3.8, 4) is 0 Å². The third-order valence-corrected chi connectivity index (χ3v) is 3.08. The van der Waals surface area contributed by atoms with E-state index in [0.29, 0.717) is 10.9 Å². The number of aromatic nitrogens is 3. The summed E-state index contributed by atoms with van der Waals surface area (Å²) in [6.45, 7) is 0.119. The van der Waals surface area contributed by atoms with Gasteiger partial charge in [-0.1, -0.05) is 11.3 Å². The zero-order valence-electron chi connectivity index (χ0n) is 8.05. The second kappa shape index (κ2) is 4.62. The number of nitrogens with zero attached hydrogens (tertiary/aromatic N) is 3. The fourth-order valence-corrected chi connectivity index (χ4v) is 2.21. The molecule has 2 heterocycles. The van der Waals surface area contributed by atoms with Gasteiger partial charge in [-0.25, -0.2) is 4.98 Å². The highest BCUT2D eigenvalue weighted by molar-refractivity contribution is 9.11. The van der Waals surface area contributed by atoms with Gasteiger partial charge in [0, 0.05) is 6.20 Å². The molecule has 0 saturated heterocycles. The Morgan fingerprint density at radius 1 is 1.69 bits per heavy atom. The standard InChI is InChI=1S/C8H8BrN5OS/c9-5-3-11-8(16-5)12-7(15)4-14-2-1-6(10)13-14/h1-3H,4H2,(H2,10,13)(H,11,12,15). The largest absolute Gasteiger partial charge is 0.382 e. The number of rotatable bonds is 3. The molecular formula is C8H8BrN5OS. The Labute approximate surface area is 104 Å². The predicted molar refractivity (Wildman–Crippen MR) is 65.1 cm³/mol. The third-order valence-electron chi connectivity index (χ3n) is 1.69. The number of hydrogen-bond donors (Lipinski definition) is 2. The minimum atomic E-state index is -0.190. The number of nitrogens with one attached hydrogen (secondary N) is 1. The Bertz CT molecular complexity index is 464. The monoisotopic (exact) mass is 301 g/mol. The molecule has 16 heavy (non-hydrogen) atoms. The van der Waals surface area contributed by atoms with Crippen LogP contribution in [0.1, 0.15) is 0 Å². The number of thiazole rings is 1. The van der Waals surface area contributed by atoms with E-state index in [4.69, 9.17) is 5.73 Å². The second-order valence-corrected chi connectivity index (χ2v) is 5.37. The van der Waals surface area contributed by atoms with Gasteiger partial charge in [0.1, 0.15) is 12.4 Å². The fourth-order valence-electron chi connectivity index (χ4n) is 1.08. The summed E-state index contributed by atoms with van der Waals surface area (Å²) in [5, 5.41) is 7.11. The van der Waals surface area contributed by atoms with Crippen LogP contribution in [0.3, 0.4) is 0 Å². The molecule has 2 aromatic rings. The molecule has 0 aliphatic heterocycles. The summed E-state index contributed by atoms with van der Waals surface area (Å²) in [5.74, 6) is 0.203. The molecule has 84 valence electrons. The number of amides is 1. The zero-order valence-corrected chi connectivity index (χ0v) is 10.5. The molecule has 0 spiro atoms. The topological polar surface area (TPSA) is 85.8 Å². The lowest BCUT2D eigenvalue weighted by Gasteiger charge is -2.01. The van der Waals surface area contributed by atoms with Gasteiger partial charge >= 0.3 is 0 Å². The summed E-state index contributed by atoms with van der Waals surface area (Å²) in [5.41, 5.74) is 5.43. The van der Waals surface area contributed by atoms with Gasteiger partial charge in [-0.3, -0.25) is 9.48 Å². The van der Waals surface area contributed by atoms with Crippen LogP contribution in [0.4, 0.5) is 10.9 Å². The van der Waals surface area contributed by atoms with Crippen molar-refractivity contribution in [2.75, 3.05) is 11.1 Å². The quantitative estimate of drug-likeness (QED) is 0.895. The maximum absolute atomic E-state index is 11.5. The molecule has 0 bridgehead atoms. The van der Waals surface area contributed by atoms with E-state index in [2.05, 4.69) is 31.3 Å². The van der Waals surface area contributed by atoms with Crippen LogP contribution in [0.25, 0.3) is 0 Å². The summed E-state index contributed by atoms with van der Waals surface area (Å²) in [6, 6.07) is 1.63. The van der Waals surface area contributed by atoms with Gasteiger partial charge in [0.05, 0.1) is 9.98 Å². The van der Waals surface area contributed by atoms with E-state index in [1.54, 1.807) is 18.5 Å². The van der Waals surface area contributed by atoms with Crippen LogP contribution in [-0.4, -0.2) is 20.7 Å². The molecule has 0 aliphatic rings. The van der Waals surface area contributed by atoms with E-state index in [1.807, 2.05) is 0 Å². The van der Waals surface area contributed by atoms with Gasteiger partial charge in [-0.05, 0) is 22.0 Å². The van der Waals surface area contributed by atoms with Crippen molar-refractivity contribution in [3.63, 3.8) is 0 Å². The first kappa shape index (κ1) is 11.1. The molecule has 3 N–H and O–H groups in total. The van der Waals surface area contributed by atoms with E-state index in [9.17, 15) is 4.79 Å². The van der Waals surface area contributed by atoms with Gasteiger partial charge in [0.25, 0.3) is 0 Å². The maximum Gasteiger partial charge on any atom is 0.247 e. The summed E-state index contributed by atoms with van der Waals surface area (Å²) >= 11 is 4.61. The molecule has 6 nitrogen and oxygen atoms in total. The van der Waals surface area contributed by atoms with Crippen LogP contribution in [-0.2, 0) is 11.3 Å². The third kappa shape index (κ3) is 2.80. The summed E-state index contributed by atoms with van der Waals surface area (Å²) in [4.78, 5) is 15.5. The van der Waals surface area contributed by atoms with Crippen molar-refractivity contribution in [1.82, 2.24) is 14.8 Å². The van der Waals surface area contributed by atoms with Crippen molar-refractivity contribution in [2.45, 2.75) is 6.54 Å². The summed E-state index contributed by atoms with van der Waals surface area (Å²) in [6.07, 6.45) is 3.28. The Balaban J connectivity index is 1.94. The number of hydrogen-bond acceptors (Lipinski definition) is 5. The van der Waals surface area contributed by atoms with E-state index in [1.165, 1.54) is 16.0 Å². The molecule has 0 saturated carbocycles. The van der Waals surface area contributed by atoms with Gasteiger partial charge in [-0.2, -0.15) is 5.10 Å². The van der Waals surface area contributed by atoms with E-state index >= 15 is 0 Å². The average molecular weight is 302 g/mol. The van der Waals surface area contributed by atoms with Crippen LogP contribution < -0.4 is 11.1 Å². The molecule has 8 heteroatoms. The summed E-state index contributed by atoms with van der Waals surface area (Å²) in [7, 11) is 0. The number of anilines is 2. The molecule has 2 aromatic heterocycles. The Hall–Kier alpha value is -1.41. The highest BCUT2D eigenvalue weighted by Crippen LogP contribution is 2.22. The highest BCUT2D eigenvalue weighted by Gasteiger charge is 2.07. The lowest BCUT2D eigenvalue weighted by molar-refractivity contribution is -0.116. The second-order valence-electron chi connectivity index (χ2n) is 2.96. The molecule has 1 amide bonds. The first-order chi connectivity index (χ1) is 7.63. The highest BCUT2D eigenvalue weighted by atomic mass is 79.9. The Kier molecular flexibility index (Phi) is 3.20. The molecule has 0 atom stereocenters. The normalized spacial score (nSPS) is 10.3. The lowest BCUT2D eigenvalue weighted by atomic mass is 10.6. The SMILES string of the molecule is Nc1ccn(CC(=O)Nc2ncc(Br)s2)n1. The van der Waals surface area contributed by atoms with Crippen molar-refractivity contribution in [3.05, 3.63) is 22.2 Å². The Morgan fingerprint density at radius 3 is 3.06 bits per heavy atom. The smallest absolute Gasteiger partial charge is 0.247 e. The van der Waals surface area contributed by atoms with E-state index in [0.717, 1.165) is 3.79 Å². The number of carbonyl (C=O) groups is 1. The number of carbonyl (C=O) groups excluding carboxylic acids is 1. The fraction of sp³-hybridized carbons (Fsp3) is 0.125. The summed E-state index contributed by atoms with van der Waals surface area (Å²) < 4.78 is 2.33. The average Bonchev–Trinajstić information content (AvgIpc) is 2.76. The van der Waals surface area contributed by atoms with Gasteiger partial charge in [0.15, 0.2) is 5.13 Å². The molecule has 2 rings (SSSR count). The first-order valence-electron chi connectivity index (χ1n) is 4.33. The van der Waals surface area contributed by atoms with Crippen LogP contribution >= 0.6 is 27.3 Å². The molecule has 0 radical (unpaired) electrons. The minimum Gasteiger partial charge on any atom is -0.382 e. The predicted octanol–water partition coefficient (Wildman–Crippen LogP) is 1.32. The zero-order chi connectivity index (χ0) is 11.5. The van der Waals surface area contributed by atoms with E-state index < -0.39 is 0 Å². The van der Waals surface area contributed by atoms with Gasteiger partial charge in [0.2, 0.25) is 5.91 Å². The van der Waals surface area contributed by atoms with Crippen molar-refractivity contribution in [2.24, 2.45) is 0 Å². The van der Waals surface area contributed by atoms with Crippen LogP contribution in [0.5, 0.6) is 0 Å². The molecule has 0 aromatic carbocycles. The first-order valence-corrected chi connectivity index (χ1v) is 5.94. The van der Waals surface area contributed by atoms with Crippen molar-refractivity contribution < 1.29 is 4.79 Å². The number of nitrogen functional groups attached to an aromatic ring is 1. The number of nitrogens with two attached hydrogens (primary N) is 1. The van der Waals surface area contributed by atoms with Crippen molar-refractivity contribution >= 4 is 44.1 Å². The molecular weight excluding hydrogens is 294 g/mol. The molecule has 0 unspecified atom stereocenters. The maximum atomic E-state index is 11.5. The molecule has 0 fully saturated rings. The van der Waals surface area contributed by atoms with Gasteiger partial charge in [-0.15, -0.1) is 0 Å². The number of halogens is 1. The van der Waals surface area contributed by atoms with Gasteiger partial charge < -0.3 is 11.1 Å². The lowest BCUT2D eigenvalue weighted by Crippen LogP contribution is -2.18. The minimum absolute atomic E-state index is 0.119. The van der Waals surface area contributed by atoms with Crippen LogP contribution in [0.15, 0.2) is 22.2 Å². The Morgan fingerprint density at radius 2 is 2.50 bits per heavy atom. The molecule has 0 aliphatic carbocycles. The van der Waals surface area contributed by atoms with Crippen LogP contribution in [0.2, 0.25) is 0 Å². The van der Waals surface area contributed by atoms with Crippen LogP contribution in [0, 0.1) is 0 Å². The van der Waals surface area contributed by atoms with E-state index in [-0.39, 0.29) is 12.5 Å².